The highest BCUT2D eigenvalue weighted by molar-refractivity contribution is 5.91. The maximum atomic E-state index is 13.1. The number of rotatable bonds is 7. The van der Waals surface area contributed by atoms with Gasteiger partial charge >= 0.3 is 6.18 Å². The van der Waals surface area contributed by atoms with E-state index in [1.165, 1.54) is 4.68 Å². The van der Waals surface area contributed by atoms with Crippen LogP contribution in [0.4, 0.5) is 19.0 Å². The Kier molecular flexibility index (Phi) is 5.63. The predicted octanol–water partition coefficient (Wildman–Crippen LogP) is 5.45. The standard InChI is InChI=1S/C25H24F3N5O/c1-16(14-33-21(18-9-10-18)13-22(30-33)25(26,27)28)24(34)29-23-11-12-32(31-23)15-19-7-4-6-17-5-2-3-8-20(17)19/h2-8,11-13,16,18H,9-10,14-15H2,1H3,(H,29,31,34). The summed E-state index contributed by atoms with van der Waals surface area (Å²) >= 11 is 0. The van der Waals surface area contributed by atoms with Crippen molar-refractivity contribution in [3.63, 3.8) is 0 Å². The van der Waals surface area contributed by atoms with Crippen molar-refractivity contribution >= 4 is 22.5 Å². The number of amides is 1. The van der Waals surface area contributed by atoms with E-state index in [2.05, 4.69) is 33.7 Å². The van der Waals surface area contributed by atoms with Crippen molar-refractivity contribution in [1.29, 1.82) is 0 Å². The first-order valence-corrected chi connectivity index (χ1v) is 11.2. The van der Waals surface area contributed by atoms with E-state index in [0.717, 1.165) is 35.2 Å². The molecule has 0 saturated heterocycles. The zero-order valence-corrected chi connectivity index (χ0v) is 18.6. The van der Waals surface area contributed by atoms with E-state index in [0.29, 0.717) is 18.1 Å². The second-order valence-corrected chi connectivity index (χ2v) is 8.84. The van der Waals surface area contributed by atoms with Crippen LogP contribution in [0.3, 0.4) is 0 Å². The number of hydrogen-bond acceptors (Lipinski definition) is 3. The van der Waals surface area contributed by atoms with Crippen LogP contribution in [0.15, 0.2) is 60.8 Å². The number of aromatic nitrogens is 4. The van der Waals surface area contributed by atoms with Crippen molar-refractivity contribution in [3.8, 4) is 0 Å². The van der Waals surface area contributed by atoms with Crippen LogP contribution >= 0.6 is 0 Å². The summed E-state index contributed by atoms with van der Waals surface area (Å²) in [5.41, 5.74) is 0.750. The van der Waals surface area contributed by atoms with Crippen LogP contribution in [0, 0.1) is 5.92 Å². The lowest BCUT2D eigenvalue weighted by Crippen LogP contribution is -2.26. The minimum atomic E-state index is -4.50. The van der Waals surface area contributed by atoms with E-state index in [9.17, 15) is 18.0 Å². The topological polar surface area (TPSA) is 64.7 Å². The first kappa shape index (κ1) is 22.2. The number of halogens is 3. The zero-order chi connectivity index (χ0) is 23.9. The van der Waals surface area contributed by atoms with Crippen LogP contribution < -0.4 is 5.32 Å². The number of nitrogens with zero attached hydrogens (tertiary/aromatic N) is 4. The van der Waals surface area contributed by atoms with Gasteiger partial charge in [-0.2, -0.15) is 23.4 Å². The smallest absolute Gasteiger partial charge is 0.309 e. The van der Waals surface area contributed by atoms with Gasteiger partial charge in [0.25, 0.3) is 0 Å². The Morgan fingerprint density at radius 1 is 1.12 bits per heavy atom. The molecule has 2 heterocycles. The Balaban J connectivity index is 1.25. The molecule has 1 aliphatic rings. The average molecular weight is 467 g/mol. The zero-order valence-electron chi connectivity index (χ0n) is 18.6. The molecule has 1 N–H and O–H groups in total. The molecule has 0 aliphatic heterocycles. The number of nitrogens with one attached hydrogen (secondary N) is 1. The minimum absolute atomic E-state index is 0.0739. The van der Waals surface area contributed by atoms with Crippen molar-refractivity contribution < 1.29 is 18.0 Å². The Morgan fingerprint density at radius 2 is 1.88 bits per heavy atom. The lowest BCUT2D eigenvalue weighted by molar-refractivity contribution is -0.141. The van der Waals surface area contributed by atoms with Gasteiger partial charge in [0.15, 0.2) is 11.5 Å². The highest BCUT2D eigenvalue weighted by atomic mass is 19.4. The first-order valence-electron chi connectivity index (χ1n) is 11.2. The van der Waals surface area contributed by atoms with Crippen LogP contribution in [0.5, 0.6) is 0 Å². The molecule has 5 rings (SSSR count). The minimum Gasteiger partial charge on any atom is -0.309 e. The van der Waals surface area contributed by atoms with Crippen molar-refractivity contribution in [2.45, 2.75) is 44.9 Å². The lowest BCUT2D eigenvalue weighted by Gasteiger charge is -2.13. The van der Waals surface area contributed by atoms with E-state index in [-0.39, 0.29) is 18.4 Å². The molecule has 1 amide bonds. The SMILES string of the molecule is CC(Cn1nc(C(F)(F)F)cc1C1CC1)C(=O)Nc1ccn(Cc2cccc3ccccc23)n1. The van der Waals surface area contributed by atoms with Crippen molar-refractivity contribution in [1.82, 2.24) is 19.6 Å². The van der Waals surface area contributed by atoms with Crippen LogP contribution in [0.1, 0.15) is 42.6 Å². The van der Waals surface area contributed by atoms with Crippen LogP contribution in [-0.4, -0.2) is 25.5 Å². The second kappa shape index (κ2) is 8.62. The fourth-order valence-electron chi connectivity index (χ4n) is 4.14. The van der Waals surface area contributed by atoms with E-state index in [1.54, 1.807) is 23.9 Å². The third-order valence-electron chi connectivity index (χ3n) is 6.10. The fraction of sp³-hybridized carbons (Fsp3) is 0.320. The van der Waals surface area contributed by atoms with Crippen molar-refractivity contribution in [2.75, 3.05) is 5.32 Å². The van der Waals surface area contributed by atoms with Gasteiger partial charge in [-0.25, -0.2) is 0 Å². The summed E-state index contributed by atoms with van der Waals surface area (Å²) in [7, 11) is 0. The van der Waals surface area contributed by atoms with Gasteiger partial charge in [-0.15, -0.1) is 0 Å². The molecule has 4 aromatic rings. The van der Waals surface area contributed by atoms with Crippen LogP contribution in [-0.2, 0) is 24.1 Å². The molecular formula is C25H24F3N5O. The number of anilines is 1. The first-order chi connectivity index (χ1) is 16.3. The molecule has 0 spiro atoms. The van der Waals surface area contributed by atoms with E-state index in [4.69, 9.17) is 0 Å². The normalized spacial score (nSPS) is 14.9. The molecule has 1 unspecified atom stereocenters. The monoisotopic (exact) mass is 467 g/mol. The molecular weight excluding hydrogens is 443 g/mol. The third kappa shape index (κ3) is 4.69. The molecule has 0 radical (unpaired) electrons. The highest BCUT2D eigenvalue weighted by Gasteiger charge is 2.38. The van der Waals surface area contributed by atoms with E-state index in [1.807, 2.05) is 24.3 Å². The average Bonchev–Trinajstić information content (AvgIpc) is 3.40. The number of fused-ring (bicyclic) bond motifs is 1. The summed E-state index contributed by atoms with van der Waals surface area (Å²) < 4.78 is 42.5. The van der Waals surface area contributed by atoms with Gasteiger partial charge in [0.1, 0.15) is 0 Å². The molecule has 6 nitrogen and oxygen atoms in total. The number of carbonyl (C=O) groups is 1. The quantitative estimate of drug-likeness (QED) is 0.393. The molecule has 9 heteroatoms. The summed E-state index contributed by atoms with van der Waals surface area (Å²) in [6.45, 7) is 2.30. The van der Waals surface area contributed by atoms with Gasteiger partial charge in [0.05, 0.1) is 19.0 Å². The Labute approximate surface area is 194 Å². The van der Waals surface area contributed by atoms with E-state index >= 15 is 0 Å². The summed E-state index contributed by atoms with van der Waals surface area (Å²) in [6, 6.07) is 17.0. The largest absolute Gasteiger partial charge is 0.435 e. The molecule has 2 aromatic carbocycles. The maximum Gasteiger partial charge on any atom is 0.435 e. The summed E-state index contributed by atoms with van der Waals surface area (Å²) in [5, 5.41) is 13.2. The molecule has 1 saturated carbocycles. The maximum absolute atomic E-state index is 13.1. The number of benzene rings is 2. The number of alkyl halides is 3. The van der Waals surface area contributed by atoms with Crippen LogP contribution in [0.25, 0.3) is 10.8 Å². The molecule has 2 aromatic heterocycles. The molecule has 0 bridgehead atoms. The Bertz CT molecular complexity index is 1330. The summed E-state index contributed by atoms with van der Waals surface area (Å²) in [5.74, 6) is -0.414. The third-order valence-corrected chi connectivity index (χ3v) is 6.10. The van der Waals surface area contributed by atoms with Crippen molar-refractivity contribution in [2.24, 2.45) is 5.92 Å². The molecule has 1 atom stereocenters. The second-order valence-electron chi connectivity index (χ2n) is 8.84. The molecule has 176 valence electrons. The van der Waals surface area contributed by atoms with Crippen molar-refractivity contribution in [3.05, 3.63) is 77.7 Å². The fourth-order valence-corrected chi connectivity index (χ4v) is 4.14. The summed E-state index contributed by atoms with van der Waals surface area (Å²) in [6.07, 6.45) is -1.02. The molecule has 1 fully saturated rings. The molecule has 1 aliphatic carbocycles. The highest BCUT2D eigenvalue weighted by Crippen LogP contribution is 2.42. The van der Waals surface area contributed by atoms with Crippen LogP contribution in [0.2, 0.25) is 0 Å². The Hall–Kier alpha value is -3.62. The Morgan fingerprint density at radius 3 is 2.65 bits per heavy atom. The lowest BCUT2D eigenvalue weighted by atomic mass is 10.0. The molecule has 34 heavy (non-hydrogen) atoms. The van der Waals surface area contributed by atoms with Gasteiger partial charge in [-0.3, -0.25) is 14.2 Å². The predicted molar refractivity (Wildman–Crippen MR) is 122 cm³/mol. The van der Waals surface area contributed by atoms with Gasteiger partial charge in [0, 0.05) is 23.9 Å². The summed E-state index contributed by atoms with van der Waals surface area (Å²) in [4.78, 5) is 12.7. The number of hydrogen-bond donors (Lipinski definition) is 1. The number of carbonyl (C=O) groups excluding carboxylic acids is 1. The van der Waals surface area contributed by atoms with Gasteiger partial charge in [-0.1, -0.05) is 49.4 Å². The van der Waals surface area contributed by atoms with Gasteiger partial charge < -0.3 is 5.32 Å². The van der Waals surface area contributed by atoms with E-state index < -0.39 is 17.8 Å². The van der Waals surface area contributed by atoms with Gasteiger partial charge in [-0.05, 0) is 35.2 Å². The van der Waals surface area contributed by atoms with Gasteiger partial charge in [0.2, 0.25) is 5.91 Å².